The highest BCUT2D eigenvalue weighted by molar-refractivity contribution is 5.95. The third-order valence-electron chi connectivity index (χ3n) is 4.72. The van der Waals surface area contributed by atoms with E-state index in [9.17, 15) is 4.79 Å². The van der Waals surface area contributed by atoms with Gasteiger partial charge < -0.3 is 14.8 Å². The zero-order valence-electron chi connectivity index (χ0n) is 17.7. The van der Waals surface area contributed by atoms with Crippen LogP contribution in [0.4, 0.5) is 11.6 Å². The van der Waals surface area contributed by atoms with Crippen LogP contribution in [0.3, 0.4) is 0 Å². The molecule has 0 amide bonds. The Hall–Kier alpha value is -4.01. The molecule has 0 atom stereocenters. The molecule has 158 valence electrons. The Morgan fingerprint density at radius 3 is 2.84 bits per heavy atom. The topological polar surface area (TPSA) is 104 Å². The number of para-hydroxylation sites is 1. The van der Waals surface area contributed by atoms with Crippen molar-refractivity contribution in [3.8, 4) is 11.6 Å². The average Bonchev–Trinajstić information content (AvgIpc) is 3.14. The van der Waals surface area contributed by atoms with Crippen LogP contribution in [0.1, 0.15) is 28.5 Å². The molecule has 0 saturated carbocycles. The molecule has 4 rings (SSSR count). The number of aromatic nitrogens is 5. The molecule has 0 radical (unpaired) electrons. The second-order valence-electron chi connectivity index (χ2n) is 6.87. The fraction of sp³-hybridized carbons (Fsp3) is 0.227. The third-order valence-corrected chi connectivity index (χ3v) is 4.72. The summed E-state index contributed by atoms with van der Waals surface area (Å²) in [6.07, 6.45) is 2.78. The van der Waals surface area contributed by atoms with E-state index in [1.807, 2.05) is 44.2 Å². The van der Waals surface area contributed by atoms with Gasteiger partial charge in [-0.05, 0) is 38.5 Å². The molecule has 0 spiro atoms. The van der Waals surface area contributed by atoms with Gasteiger partial charge in [-0.2, -0.15) is 9.78 Å². The van der Waals surface area contributed by atoms with E-state index in [0.29, 0.717) is 23.2 Å². The Kier molecular flexibility index (Phi) is 5.48. The number of esters is 1. The molecule has 0 bridgehead atoms. The highest BCUT2D eigenvalue weighted by Gasteiger charge is 2.18. The van der Waals surface area contributed by atoms with Crippen LogP contribution in [0.5, 0.6) is 5.75 Å². The summed E-state index contributed by atoms with van der Waals surface area (Å²) in [5, 5.41) is 8.76. The van der Waals surface area contributed by atoms with Gasteiger partial charge in [-0.3, -0.25) is 0 Å². The number of pyridine rings is 1. The fourth-order valence-corrected chi connectivity index (χ4v) is 3.32. The number of rotatable bonds is 6. The molecule has 9 nitrogen and oxygen atoms in total. The van der Waals surface area contributed by atoms with Crippen LogP contribution in [0.15, 0.2) is 42.9 Å². The van der Waals surface area contributed by atoms with Crippen molar-refractivity contribution >= 4 is 28.5 Å². The highest BCUT2D eigenvalue weighted by atomic mass is 16.5. The van der Waals surface area contributed by atoms with Gasteiger partial charge in [-0.25, -0.2) is 19.7 Å². The minimum Gasteiger partial charge on any atom is -0.494 e. The normalized spacial score (nSPS) is 10.8. The highest BCUT2D eigenvalue weighted by Crippen LogP contribution is 2.29. The van der Waals surface area contributed by atoms with Gasteiger partial charge in [0.1, 0.15) is 34.8 Å². The molecule has 0 aliphatic carbocycles. The Morgan fingerprint density at radius 1 is 1.23 bits per heavy atom. The second-order valence-corrected chi connectivity index (χ2v) is 6.87. The molecule has 3 aromatic heterocycles. The second kappa shape index (κ2) is 8.39. The predicted molar refractivity (Wildman–Crippen MR) is 116 cm³/mol. The molecule has 4 aromatic rings. The van der Waals surface area contributed by atoms with Gasteiger partial charge in [0.15, 0.2) is 5.82 Å². The summed E-state index contributed by atoms with van der Waals surface area (Å²) in [5.74, 6) is 1.71. The molecular formula is C22H22N6O3. The van der Waals surface area contributed by atoms with Crippen molar-refractivity contribution in [3.05, 3.63) is 59.7 Å². The number of methoxy groups -OCH3 is 1. The lowest BCUT2D eigenvalue weighted by atomic mass is 10.1. The van der Waals surface area contributed by atoms with E-state index in [-0.39, 0.29) is 12.2 Å². The number of hydrogen-bond acceptors (Lipinski definition) is 8. The minimum absolute atomic E-state index is 0.235. The molecule has 0 fully saturated rings. The number of aryl methyl sites for hydroxylation is 2. The maximum absolute atomic E-state index is 12.3. The minimum atomic E-state index is -0.502. The molecule has 3 heterocycles. The van der Waals surface area contributed by atoms with Crippen LogP contribution < -0.4 is 10.1 Å². The molecule has 1 N–H and O–H groups in total. The monoisotopic (exact) mass is 418 g/mol. The Balaban J connectivity index is 1.80. The zero-order chi connectivity index (χ0) is 22.0. The van der Waals surface area contributed by atoms with Gasteiger partial charge >= 0.3 is 5.97 Å². The number of carbonyl (C=O) groups is 1. The zero-order valence-corrected chi connectivity index (χ0v) is 17.7. The van der Waals surface area contributed by atoms with E-state index in [1.54, 1.807) is 18.7 Å². The predicted octanol–water partition coefficient (Wildman–Crippen LogP) is 3.76. The number of fused-ring (bicyclic) bond motifs is 1. The molecular weight excluding hydrogens is 396 g/mol. The summed E-state index contributed by atoms with van der Waals surface area (Å²) in [6.45, 7) is 5.89. The lowest BCUT2D eigenvalue weighted by Crippen LogP contribution is -2.12. The van der Waals surface area contributed by atoms with Crippen LogP contribution in [0.2, 0.25) is 0 Å². The van der Waals surface area contributed by atoms with Crippen molar-refractivity contribution in [2.45, 2.75) is 20.8 Å². The van der Waals surface area contributed by atoms with E-state index in [1.165, 1.54) is 12.5 Å². The number of nitrogens with zero attached hydrogens (tertiary/aromatic N) is 5. The largest absolute Gasteiger partial charge is 0.494 e. The first-order chi connectivity index (χ1) is 15.0. The molecule has 9 heteroatoms. The summed E-state index contributed by atoms with van der Waals surface area (Å²) in [5.41, 5.74) is 2.79. The van der Waals surface area contributed by atoms with Crippen molar-refractivity contribution in [1.29, 1.82) is 0 Å². The van der Waals surface area contributed by atoms with Crippen LogP contribution in [0, 0.1) is 13.8 Å². The van der Waals surface area contributed by atoms with Gasteiger partial charge in [0.05, 0.1) is 19.4 Å². The molecule has 0 saturated heterocycles. The summed E-state index contributed by atoms with van der Waals surface area (Å²) in [6, 6.07) is 9.61. The van der Waals surface area contributed by atoms with Crippen LogP contribution >= 0.6 is 0 Å². The maximum atomic E-state index is 12.3. The van der Waals surface area contributed by atoms with Crippen LogP contribution in [-0.4, -0.2) is 44.4 Å². The Labute approximate surface area is 179 Å². The Bertz CT molecular complexity index is 1270. The number of anilines is 2. The number of ether oxygens (including phenoxy) is 2. The van der Waals surface area contributed by atoms with E-state index < -0.39 is 5.97 Å². The Morgan fingerprint density at radius 2 is 2.06 bits per heavy atom. The van der Waals surface area contributed by atoms with Crippen molar-refractivity contribution < 1.29 is 14.3 Å². The van der Waals surface area contributed by atoms with Crippen LogP contribution in [0.25, 0.3) is 16.7 Å². The summed E-state index contributed by atoms with van der Waals surface area (Å²) in [7, 11) is 1.62. The first-order valence-corrected chi connectivity index (χ1v) is 9.77. The molecule has 0 aliphatic rings. The number of carbonyl (C=O) groups excluding carboxylic acids is 1. The van der Waals surface area contributed by atoms with Gasteiger partial charge in [-0.1, -0.05) is 12.1 Å². The van der Waals surface area contributed by atoms with E-state index in [0.717, 1.165) is 22.2 Å². The molecule has 1 aromatic carbocycles. The molecule has 0 unspecified atom stereocenters. The van der Waals surface area contributed by atoms with Crippen LogP contribution in [-0.2, 0) is 4.74 Å². The van der Waals surface area contributed by atoms with Crippen molar-refractivity contribution in [3.63, 3.8) is 0 Å². The van der Waals surface area contributed by atoms with Crippen molar-refractivity contribution in [2.75, 3.05) is 19.0 Å². The van der Waals surface area contributed by atoms with E-state index in [2.05, 4.69) is 20.4 Å². The maximum Gasteiger partial charge on any atom is 0.343 e. The first-order valence-electron chi connectivity index (χ1n) is 9.77. The summed E-state index contributed by atoms with van der Waals surface area (Å²) < 4.78 is 12.3. The average molecular weight is 418 g/mol. The smallest absolute Gasteiger partial charge is 0.343 e. The van der Waals surface area contributed by atoms with Crippen molar-refractivity contribution in [2.24, 2.45) is 0 Å². The van der Waals surface area contributed by atoms with Gasteiger partial charge in [0.2, 0.25) is 0 Å². The lowest BCUT2D eigenvalue weighted by molar-refractivity contribution is 0.0526. The van der Waals surface area contributed by atoms with E-state index in [4.69, 9.17) is 14.5 Å². The summed E-state index contributed by atoms with van der Waals surface area (Å²) in [4.78, 5) is 25.2. The van der Waals surface area contributed by atoms with Gasteiger partial charge in [0, 0.05) is 17.6 Å². The van der Waals surface area contributed by atoms with Crippen molar-refractivity contribution in [1.82, 2.24) is 24.7 Å². The third kappa shape index (κ3) is 3.89. The quantitative estimate of drug-likeness (QED) is 0.472. The molecule has 31 heavy (non-hydrogen) atoms. The van der Waals surface area contributed by atoms with Gasteiger partial charge in [-0.15, -0.1) is 0 Å². The number of hydrogen-bond donors (Lipinski definition) is 1. The van der Waals surface area contributed by atoms with Gasteiger partial charge in [0.25, 0.3) is 0 Å². The lowest BCUT2D eigenvalue weighted by Gasteiger charge is -2.13. The van der Waals surface area contributed by atoms with E-state index >= 15 is 0 Å². The molecule has 0 aliphatic heterocycles. The first kappa shape index (κ1) is 20.3. The number of nitrogens with one attached hydrogen (secondary N) is 1. The SMILES string of the molecule is CCOC(=O)c1cncnc1Nc1cc(C)nn1-c1cc(C)c2cccc(OC)c2n1. The fourth-order valence-electron chi connectivity index (χ4n) is 3.32. The number of benzene rings is 1. The standard InChI is InChI=1S/C22H22N6O3/c1-5-31-22(29)16-11-23-12-24-21(16)26-19-10-14(3)27-28(19)18-9-13(2)15-7-6-8-17(30-4)20(15)25-18/h6-12H,5H2,1-4H3,(H,23,24,26). The summed E-state index contributed by atoms with van der Waals surface area (Å²) >= 11 is 0.